The molecule has 0 bridgehead atoms. The summed E-state index contributed by atoms with van der Waals surface area (Å²) in [5.41, 5.74) is 4.92. The third-order valence-electron chi connectivity index (χ3n) is 4.70. The highest BCUT2D eigenvalue weighted by Gasteiger charge is 2.10. The van der Waals surface area contributed by atoms with Gasteiger partial charge in [-0.05, 0) is 42.3 Å². The second-order valence-electron chi connectivity index (χ2n) is 6.87. The van der Waals surface area contributed by atoms with E-state index in [4.69, 9.17) is 11.6 Å². The molecule has 0 aliphatic carbocycles. The van der Waals surface area contributed by atoms with Crippen molar-refractivity contribution in [2.24, 2.45) is 0 Å². The van der Waals surface area contributed by atoms with Gasteiger partial charge in [-0.25, -0.2) is 0 Å². The lowest BCUT2D eigenvalue weighted by Crippen LogP contribution is -2.22. The summed E-state index contributed by atoms with van der Waals surface area (Å²) >= 11 is 6.00. The zero-order valence-electron chi connectivity index (χ0n) is 15.5. The molecule has 0 atom stereocenters. The average molecular weight is 390 g/mol. The van der Waals surface area contributed by atoms with Crippen LogP contribution in [0.2, 0.25) is 5.02 Å². The van der Waals surface area contributed by atoms with Crippen LogP contribution in [0.4, 0.5) is 0 Å². The first kappa shape index (κ1) is 18.3. The molecule has 0 aliphatic heterocycles. The second-order valence-corrected chi connectivity index (χ2v) is 7.31. The summed E-state index contributed by atoms with van der Waals surface area (Å²) in [6.07, 6.45) is 1.83. The predicted molar refractivity (Wildman–Crippen MR) is 113 cm³/mol. The largest absolute Gasteiger partial charge is 0.348 e. The number of carbonyl (C=O) groups excluding carboxylic acids is 1. The minimum atomic E-state index is -0.120. The third-order valence-corrected chi connectivity index (χ3v) is 4.94. The number of hydrogen-bond acceptors (Lipinski definition) is 2. The number of halogens is 1. The molecule has 5 heteroatoms. The van der Waals surface area contributed by atoms with Gasteiger partial charge >= 0.3 is 0 Å². The molecule has 28 heavy (non-hydrogen) atoms. The Hall–Kier alpha value is -3.11. The van der Waals surface area contributed by atoms with Gasteiger partial charge in [0.2, 0.25) is 0 Å². The molecule has 1 aromatic heterocycles. The van der Waals surface area contributed by atoms with E-state index in [0.717, 1.165) is 16.5 Å². The maximum Gasteiger partial charge on any atom is 0.251 e. The molecule has 0 fully saturated rings. The minimum absolute atomic E-state index is 0.120. The molecular weight excluding hydrogens is 370 g/mol. The number of aromatic nitrogens is 2. The molecular formula is C23H20ClN3O. The van der Waals surface area contributed by atoms with Crippen LogP contribution in [0.3, 0.4) is 0 Å². The fraction of sp³-hybridized carbons (Fsp3) is 0.130. The maximum atomic E-state index is 12.6. The fourth-order valence-corrected chi connectivity index (χ4v) is 3.35. The number of benzene rings is 3. The van der Waals surface area contributed by atoms with Crippen molar-refractivity contribution < 1.29 is 4.79 Å². The molecule has 140 valence electrons. The van der Waals surface area contributed by atoms with Crippen LogP contribution in [0.25, 0.3) is 10.9 Å². The maximum absolute atomic E-state index is 12.6. The van der Waals surface area contributed by atoms with Crippen molar-refractivity contribution in [3.05, 3.63) is 100 Å². The first-order chi connectivity index (χ1) is 13.6. The van der Waals surface area contributed by atoms with E-state index < -0.39 is 0 Å². The van der Waals surface area contributed by atoms with Crippen molar-refractivity contribution in [3.8, 4) is 0 Å². The van der Waals surface area contributed by atoms with Crippen molar-refractivity contribution in [1.29, 1.82) is 0 Å². The highest BCUT2D eigenvalue weighted by Crippen LogP contribution is 2.18. The Labute approximate surface area is 168 Å². The van der Waals surface area contributed by atoms with Gasteiger partial charge in [-0.15, -0.1) is 0 Å². The summed E-state index contributed by atoms with van der Waals surface area (Å²) in [4.78, 5) is 12.6. The van der Waals surface area contributed by atoms with Crippen LogP contribution in [0, 0.1) is 6.92 Å². The minimum Gasteiger partial charge on any atom is -0.348 e. The summed E-state index contributed by atoms with van der Waals surface area (Å²) in [5.74, 6) is -0.120. The number of hydrogen-bond donors (Lipinski definition) is 1. The van der Waals surface area contributed by atoms with Crippen LogP contribution >= 0.6 is 11.6 Å². The summed E-state index contributed by atoms with van der Waals surface area (Å²) < 4.78 is 1.92. The Bertz CT molecular complexity index is 1130. The molecule has 4 rings (SSSR count). The van der Waals surface area contributed by atoms with E-state index in [2.05, 4.69) is 41.6 Å². The molecule has 1 N–H and O–H groups in total. The number of fused-ring (bicyclic) bond motifs is 1. The Balaban J connectivity index is 1.53. The SMILES string of the molecule is Cc1ccc(Cn2ncc3ccc(C(=O)NCc4cccc(Cl)c4)cc32)cc1. The molecule has 0 radical (unpaired) electrons. The summed E-state index contributed by atoms with van der Waals surface area (Å²) in [5, 5.41) is 9.11. The number of nitrogens with zero attached hydrogens (tertiary/aromatic N) is 2. The molecule has 3 aromatic carbocycles. The molecule has 1 amide bonds. The standard InChI is InChI=1S/C23H20ClN3O/c1-16-5-7-17(8-6-16)15-27-22-12-19(9-10-20(22)14-26-27)23(28)25-13-18-3-2-4-21(24)11-18/h2-12,14H,13,15H2,1H3,(H,25,28). The number of amides is 1. The van der Waals surface area contributed by atoms with Gasteiger partial charge in [0.05, 0.1) is 18.3 Å². The molecule has 0 unspecified atom stereocenters. The Morgan fingerprint density at radius 1 is 1.04 bits per heavy atom. The van der Waals surface area contributed by atoms with E-state index >= 15 is 0 Å². The van der Waals surface area contributed by atoms with Gasteiger partial charge in [0.1, 0.15) is 0 Å². The van der Waals surface area contributed by atoms with Crippen LogP contribution in [-0.4, -0.2) is 15.7 Å². The van der Waals surface area contributed by atoms with E-state index in [0.29, 0.717) is 23.7 Å². The molecule has 0 spiro atoms. The van der Waals surface area contributed by atoms with E-state index in [9.17, 15) is 4.79 Å². The van der Waals surface area contributed by atoms with Crippen LogP contribution in [0.15, 0.2) is 72.9 Å². The zero-order valence-corrected chi connectivity index (χ0v) is 16.3. The number of nitrogens with one attached hydrogen (secondary N) is 1. The van der Waals surface area contributed by atoms with Gasteiger partial charge in [0.15, 0.2) is 0 Å². The molecule has 0 aliphatic rings. The highest BCUT2D eigenvalue weighted by atomic mass is 35.5. The Morgan fingerprint density at radius 2 is 1.86 bits per heavy atom. The predicted octanol–water partition coefficient (Wildman–Crippen LogP) is 4.98. The summed E-state index contributed by atoms with van der Waals surface area (Å²) in [6, 6.07) is 21.5. The van der Waals surface area contributed by atoms with Crippen molar-refractivity contribution >= 4 is 28.4 Å². The first-order valence-corrected chi connectivity index (χ1v) is 9.50. The Morgan fingerprint density at radius 3 is 2.64 bits per heavy atom. The Kier molecular flexibility index (Phi) is 5.13. The number of aryl methyl sites for hydroxylation is 1. The van der Waals surface area contributed by atoms with E-state index in [-0.39, 0.29) is 5.91 Å². The van der Waals surface area contributed by atoms with Crippen molar-refractivity contribution in [3.63, 3.8) is 0 Å². The van der Waals surface area contributed by atoms with Crippen molar-refractivity contribution in [2.75, 3.05) is 0 Å². The van der Waals surface area contributed by atoms with Gasteiger partial charge in [0, 0.05) is 22.5 Å². The zero-order chi connectivity index (χ0) is 19.5. The van der Waals surface area contributed by atoms with Crippen LogP contribution < -0.4 is 5.32 Å². The van der Waals surface area contributed by atoms with Gasteiger partial charge in [-0.3, -0.25) is 9.48 Å². The van der Waals surface area contributed by atoms with Crippen LogP contribution in [0.5, 0.6) is 0 Å². The van der Waals surface area contributed by atoms with E-state index in [1.54, 1.807) is 0 Å². The van der Waals surface area contributed by atoms with E-state index in [1.165, 1.54) is 11.1 Å². The van der Waals surface area contributed by atoms with Crippen molar-refractivity contribution in [1.82, 2.24) is 15.1 Å². The average Bonchev–Trinajstić information content (AvgIpc) is 3.10. The first-order valence-electron chi connectivity index (χ1n) is 9.12. The molecule has 1 heterocycles. The number of rotatable bonds is 5. The second kappa shape index (κ2) is 7.87. The lowest BCUT2D eigenvalue weighted by Gasteiger charge is -2.08. The lowest BCUT2D eigenvalue weighted by atomic mass is 10.1. The quantitative estimate of drug-likeness (QED) is 0.523. The highest BCUT2D eigenvalue weighted by molar-refractivity contribution is 6.30. The monoisotopic (exact) mass is 389 g/mol. The third kappa shape index (κ3) is 4.07. The fourth-order valence-electron chi connectivity index (χ4n) is 3.14. The van der Waals surface area contributed by atoms with E-state index in [1.807, 2.05) is 53.3 Å². The molecule has 0 saturated carbocycles. The number of carbonyl (C=O) groups is 1. The van der Waals surface area contributed by atoms with Gasteiger partial charge in [-0.1, -0.05) is 59.6 Å². The molecule has 4 nitrogen and oxygen atoms in total. The smallest absolute Gasteiger partial charge is 0.251 e. The van der Waals surface area contributed by atoms with Crippen LogP contribution in [0.1, 0.15) is 27.0 Å². The molecule has 4 aromatic rings. The van der Waals surface area contributed by atoms with Crippen molar-refractivity contribution in [2.45, 2.75) is 20.0 Å². The summed E-state index contributed by atoms with van der Waals surface area (Å²) in [6.45, 7) is 3.17. The van der Waals surface area contributed by atoms with Crippen LogP contribution in [-0.2, 0) is 13.1 Å². The topological polar surface area (TPSA) is 46.9 Å². The lowest BCUT2D eigenvalue weighted by molar-refractivity contribution is 0.0951. The molecule has 0 saturated heterocycles. The van der Waals surface area contributed by atoms with Gasteiger partial charge < -0.3 is 5.32 Å². The summed E-state index contributed by atoms with van der Waals surface area (Å²) in [7, 11) is 0. The van der Waals surface area contributed by atoms with Gasteiger partial charge in [-0.2, -0.15) is 5.10 Å². The van der Waals surface area contributed by atoms with Gasteiger partial charge in [0.25, 0.3) is 5.91 Å². The normalized spacial score (nSPS) is 10.9.